The van der Waals surface area contributed by atoms with Gasteiger partial charge >= 0.3 is 0 Å². The average molecular weight is 409 g/mol. The summed E-state index contributed by atoms with van der Waals surface area (Å²) in [7, 11) is 3.57. The number of anilines is 2. The molecule has 0 radical (unpaired) electrons. The molecule has 0 saturated carbocycles. The third-order valence-corrected chi connectivity index (χ3v) is 5.90. The highest BCUT2D eigenvalue weighted by molar-refractivity contribution is 5.80. The van der Waals surface area contributed by atoms with Crippen LogP contribution in [-0.2, 0) is 6.54 Å². The molecule has 4 rings (SSSR count). The van der Waals surface area contributed by atoms with E-state index < -0.39 is 0 Å². The van der Waals surface area contributed by atoms with Crippen molar-refractivity contribution in [2.75, 3.05) is 63.2 Å². The van der Waals surface area contributed by atoms with E-state index in [-0.39, 0.29) is 0 Å². The highest BCUT2D eigenvalue weighted by Crippen LogP contribution is 2.22. The van der Waals surface area contributed by atoms with Crippen LogP contribution in [0.5, 0.6) is 5.75 Å². The number of pyridine rings is 1. The zero-order chi connectivity index (χ0) is 20.8. The monoisotopic (exact) mass is 408 g/mol. The first-order valence-electron chi connectivity index (χ1n) is 10.8. The van der Waals surface area contributed by atoms with E-state index in [1.807, 2.05) is 25.4 Å². The van der Waals surface area contributed by atoms with Crippen LogP contribution in [0.25, 0.3) is 0 Å². The molecule has 30 heavy (non-hydrogen) atoms. The molecule has 1 N–H and O–H groups in total. The summed E-state index contributed by atoms with van der Waals surface area (Å²) in [5.74, 6) is 2.95. The minimum Gasteiger partial charge on any atom is -0.497 e. The first-order chi connectivity index (χ1) is 14.8. The number of benzene rings is 1. The highest BCUT2D eigenvalue weighted by Gasteiger charge is 2.20. The van der Waals surface area contributed by atoms with Crippen molar-refractivity contribution in [2.45, 2.75) is 19.4 Å². The van der Waals surface area contributed by atoms with Gasteiger partial charge in [0, 0.05) is 70.8 Å². The lowest BCUT2D eigenvalue weighted by Gasteiger charge is -2.37. The molecule has 2 aliphatic rings. The maximum atomic E-state index is 5.36. The number of hydrogen-bond donors (Lipinski definition) is 1. The number of ether oxygens (including phenoxy) is 1. The normalized spacial score (nSPS) is 17.4. The van der Waals surface area contributed by atoms with Crippen LogP contribution >= 0.6 is 0 Å². The number of aliphatic imine (C=N–C) groups is 1. The van der Waals surface area contributed by atoms with E-state index in [2.05, 4.69) is 54.3 Å². The van der Waals surface area contributed by atoms with Crippen molar-refractivity contribution in [3.05, 3.63) is 48.2 Å². The molecule has 2 saturated heterocycles. The van der Waals surface area contributed by atoms with Gasteiger partial charge in [0.1, 0.15) is 11.6 Å². The second-order valence-electron chi connectivity index (χ2n) is 7.79. The van der Waals surface area contributed by atoms with Crippen molar-refractivity contribution in [3.63, 3.8) is 0 Å². The number of piperazine rings is 1. The van der Waals surface area contributed by atoms with E-state index in [9.17, 15) is 0 Å². The third kappa shape index (κ3) is 4.78. The molecule has 0 atom stereocenters. The Morgan fingerprint density at radius 3 is 2.57 bits per heavy atom. The zero-order valence-corrected chi connectivity index (χ0v) is 18.0. The predicted octanol–water partition coefficient (Wildman–Crippen LogP) is 2.59. The molecule has 0 spiro atoms. The lowest BCUT2D eigenvalue weighted by atomic mass is 10.2. The van der Waals surface area contributed by atoms with E-state index in [1.54, 1.807) is 7.11 Å². The summed E-state index contributed by atoms with van der Waals surface area (Å²) >= 11 is 0. The van der Waals surface area contributed by atoms with Gasteiger partial charge in [-0.05, 0) is 42.7 Å². The molecule has 7 nitrogen and oxygen atoms in total. The van der Waals surface area contributed by atoms with Crippen LogP contribution in [0.4, 0.5) is 11.5 Å². The smallest absolute Gasteiger partial charge is 0.194 e. The molecule has 7 heteroatoms. The summed E-state index contributed by atoms with van der Waals surface area (Å²) in [5.41, 5.74) is 2.45. The van der Waals surface area contributed by atoms with Crippen LogP contribution in [0.2, 0.25) is 0 Å². The van der Waals surface area contributed by atoms with Gasteiger partial charge in [0.2, 0.25) is 0 Å². The predicted molar refractivity (Wildman–Crippen MR) is 123 cm³/mol. The first-order valence-corrected chi connectivity index (χ1v) is 10.8. The van der Waals surface area contributed by atoms with Crippen molar-refractivity contribution < 1.29 is 4.74 Å². The highest BCUT2D eigenvalue weighted by atomic mass is 16.5. The van der Waals surface area contributed by atoms with Crippen LogP contribution in [-0.4, -0.2) is 69.3 Å². The second kappa shape index (κ2) is 9.69. The Bertz CT molecular complexity index is 856. The molecule has 1 aromatic carbocycles. The number of rotatable bonds is 5. The van der Waals surface area contributed by atoms with Crippen LogP contribution in [0, 0.1) is 0 Å². The molecule has 0 aliphatic carbocycles. The standard InChI is InChI=1S/C23H32N6O/c1-24-23(26-18-19-8-9-25-22(16-19)28-10-3-4-11-28)29-14-12-27(13-15-29)20-6-5-7-21(17-20)30-2/h5-9,16-17H,3-4,10-15,18H2,1-2H3,(H,24,26). The molecular weight excluding hydrogens is 376 g/mol. The quantitative estimate of drug-likeness (QED) is 0.606. The molecule has 160 valence electrons. The van der Waals surface area contributed by atoms with Gasteiger partial charge in [-0.15, -0.1) is 0 Å². The summed E-state index contributed by atoms with van der Waals surface area (Å²) < 4.78 is 5.36. The Morgan fingerprint density at radius 1 is 1.03 bits per heavy atom. The Labute approximate surface area is 179 Å². The van der Waals surface area contributed by atoms with E-state index in [1.165, 1.54) is 24.1 Å². The van der Waals surface area contributed by atoms with E-state index in [0.29, 0.717) is 0 Å². The molecule has 2 aliphatic heterocycles. The third-order valence-electron chi connectivity index (χ3n) is 5.90. The second-order valence-corrected chi connectivity index (χ2v) is 7.79. The molecule has 2 fully saturated rings. The Hall–Kier alpha value is -2.96. The average Bonchev–Trinajstić information content (AvgIpc) is 3.35. The number of methoxy groups -OCH3 is 1. The van der Waals surface area contributed by atoms with Gasteiger partial charge in [-0.1, -0.05) is 6.07 Å². The van der Waals surface area contributed by atoms with Crippen LogP contribution in [0.1, 0.15) is 18.4 Å². The van der Waals surface area contributed by atoms with Crippen molar-refractivity contribution in [3.8, 4) is 5.75 Å². The van der Waals surface area contributed by atoms with Gasteiger partial charge in [-0.2, -0.15) is 0 Å². The number of aromatic nitrogens is 1. The van der Waals surface area contributed by atoms with Gasteiger partial charge in [0.05, 0.1) is 7.11 Å². The molecule has 0 bridgehead atoms. The fraction of sp³-hybridized carbons (Fsp3) is 0.478. The van der Waals surface area contributed by atoms with Crippen molar-refractivity contribution in [2.24, 2.45) is 4.99 Å². The molecular formula is C23H32N6O. The number of hydrogen-bond acceptors (Lipinski definition) is 5. The fourth-order valence-electron chi connectivity index (χ4n) is 4.19. The topological polar surface area (TPSA) is 56.2 Å². The maximum Gasteiger partial charge on any atom is 0.194 e. The Kier molecular flexibility index (Phi) is 6.57. The van der Waals surface area contributed by atoms with Gasteiger partial charge in [-0.25, -0.2) is 4.98 Å². The lowest BCUT2D eigenvalue weighted by molar-refractivity contribution is 0.372. The summed E-state index contributed by atoms with van der Waals surface area (Å²) in [6.07, 6.45) is 4.44. The minimum atomic E-state index is 0.756. The van der Waals surface area contributed by atoms with Crippen LogP contribution in [0.3, 0.4) is 0 Å². The molecule has 0 unspecified atom stereocenters. The molecule has 2 aromatic rings. The van der Waals surface area contributed by atoms with E-state index >= 15 is 0 Å². The summed E-state index contributed by atoms with van der Waals surface area (Å²) in [6, 6.07) is 12.6. The number of nitrogens with one attached hydrogen (secondary N) is 1. The maximum absolute atomic E-state index is 5.36. The van der Waals surface area contributed by atoms with E-state index in [0.717, 1.165) is 63.3 Å². The van der Waals surface area contributed by atoms with Gasteiger partial charge in [0.15, 0.2) is 5.96 Å². The minimum absolute atomic E-state index is 0.756. The Balaban J connectivity index is 1.31. The van der Waals surface area contributed by atoms with Crippen molar-refractivity contribution in [1.82, 2.24) is 15.2 Å². The fourth-order valence-corrected chi connectivity index (χ4v) is 4.19. The number of guanidine groups is 1. The van der Waals surface area contributed by atoms with Crippen LogP contribution < -0.4 is 19.9 Å². The van der Waals surface area contributed by atoms with E-state index in [4.69, 9.17) is 4.74 Å². The molecule has 0 amide bonds. The first kappa shape index (κ1) is 20.3. The molecule has 3 heterocycles. The van der Waals surface area contributed by atoms with Gasteiger partial charge in [0.25, 0.3) is 0 Å². The summed E-state index contributed by atoms with van der Waals surface area (Å²) in [6.45, 7) is 6.78. The van der Waals surface area contributed by atoms with Gasteiger partial charge in [-0.3, -0.25) is 4.99 Å². The molecule has 1 aromatic heterocycles. The number of nitrogens with zero attached hydrogens (tertiary/aromatic N) is 5. The lowest BCUT2D eigenvalue weighted by Crippen LogP contribution is -2.52. The SMILES string of the molecule is CN=C(NCc1ccnc(N2CCCC2)c1)N1CCN(c2cccc(OC)c2)CC1. The van der Waals surface area contributed by atoms with Crippen molar-refractivity contribution >= 4 is 17.5 Å². The van der Waals surface area contributed by atoms with Gasteiger partial charge < -0.3 is 24.8 Å². The summed E-state index contributed by atoms with van der Waals surface area (Å²) in [5, 5.41) is 3.54. The Morgan fingerprint density at radius 2 is 1.83 bits per heavy atom. The van der Waals surface area contributed by atoms with Crippen LogP contribution in [0.15, 0.2) is 47.6 Å². The van der Waals surface area contributed by atoms with Crippen molar-refractivity contribution in [1.29, 1.82) is 0 Å². The summed E-state index contributed by atoms with van der Waals surface area (Å²) in [4.78, 5) is 16.2. The largest absolute Gasteiger partial charge is 0.497 e. The zero-order valence-electron chi connectivity index (χ0n) is 18.0.